The van der Waals surface area contributed by atoms with Crippen LogP contribution < -0.4 is 20.7 Å². The molecule has 0 saturated heterocycles. The predicted molar refractivity (Wildman–Crippen MR) is 79.1 cm³/mol. The van der Waals surface area contributed by atoms with Crippen LogP contribution in [-0.4, -0.2) is 38.1 Å². The summed E-state index contributed by atoms with van der Waals surface area (Å²) in [4.78, 5) is 18.4. The van der Waals surface area contributed by atoms with E-state index in [0.717, 1.165) is 24.9 Å². The van der Waals surface area contributed by atoms with Crippen LogP contribution in [0, 0.1) is 5.92 Å². The molecule has 2 rings (SSSR count). The molecule has 1 aliphatic carbocycles. The van der Waals surface area contributed by atoms with E-state index < -0.39 is 0 Å². The Labute approximate surface area is 119 Å². The lowest BCUT2D eigenvalue weighted by atomic mass is 10.1. The van der Waals surface area contributed by atoms with E-state index in [1.165, 1.54) is 0 Å². The fraction of sp³-hybridized carbons (Fsp3) is 0.571. The molecule has 1 aromatic heterocycles. The Bertz CT molecular complexity index is 490. The molecule has 2 unspecified atom stereocenters. The predicted octanol–water partition coefficient (Wildman–Crippen LogP) is 1.22. The van der Waals surface area contributed by atoms with E-state index in [-0.39, 0.29) is 17.9 Å². The minimum atomic E-state index is -0.0232. The third-order valence-electron chi connectivity index (χ3n) is 3.66. The maximum atomic E-state index is 12.3. The highest BCUT2D eigenvalue weighted by Crippen LogP contribution is 2.33. The SMILES string of the molecule is COc1nccc(N(C)C)c1NC(=O)C1CCC(N)C1. The molecule has 1 saturated carbocycles. The highest BCUT2D eigenvalue weighted by molar-refractivity contribution is 5.97. The summed E-state index contributed by atoms with van der Waals surface area (Å²) in [5.74, 6) is 0.393. The molecule has 0 spiro atoms. The molecule has 0 aliphatic heterocycles. The number of hydrogen-bond acceptors (Lipinski definition) is 5. The van der Waals surface area contributed by atoms with Crippen molar-refractivity contribution in [1.29, 1.82) is 0 Å². The summed E-state index contributed by atoms with van der Waals surface area (Å²) in [5.41, 5.74) is 7.35. The number of nitrogens with one attached hydrogen (secondary N) is 1. The molecule has 0 radical (unpaired) electrons. The first-order valence-corrected chi connectivity index (χ1v) is 6.79. The lowest BCUT2D eigenvalue weighted by molar-refractivity contribution is -0.119. The number of anilines is 2. The smallest absolute Gasteiger partial charge is 0.239 e. The second-order valence-corrected chi connectivity index (χ2v) is 5.37. The summed E-state index contributed by atoms with van der Waals surface area (Å²) in [6, 6.07) is 1.98. The first kappa shape index (κ1) is 14.6. The number of carbonyl (C=O) groups excluding carboxylic acids is 1. The van der Waals surface area contributed by atoms with Crippen LogP contribution in [0.5, 0.6) is 5.88 Å². The summed E-state index contributed by atoms with van der Waals surface area (Å²) in [5, 5.41) is 2.95. The van der Waals surface area contributed by atoms with Gasteiger partial charge in [0, 0.05) is 32.3 Å². The molecule has 1 aromatic rings. The van der Waals surface area contributed by atoms with Gasteiger partial charge in [-0.05, 0) is 25.3 Å². The van der Waals surface area contributed by atoms with Crippen molar-refractivity contribution in [3.05, 3.63) is 12.3 Å². The largest absolute Gasteiger partial charge is 0.479 e. The molecular weight excluding hydrogens is 256 g/mol. The number of hydrogen-bond donors (Lipinski definition) is 2. The van der Waals surface area contributed by atoms with E-state index in [2.05, 4.69) is 10.3 Å². The number of carbonyl (C=O) groups is 1. The van der Waals surface area contributed by atoms with E-state index in [1.54, 1.807) is 13.3 Å². The van der Waals surface area contributed by atoms with Gasteiger partial charge in [0.25, 0.3) is 0 Å². The second-order valence-electron chi connectivity index (χ2n) is 5.37. The Hall–Kier alpha value is -1.82. The fourth-order valence-electron chi connectivity index (χ4n) is 2.56. The Balaban J connectivity index is 2.21. The number of methoxy groups -OCH3 is 1. The number of nitrogens with zero attached hydrogens (tertiary/aromatic N) is 2. The molecular formula is C14H22N4O2. The maximum absolute atomic E-state index is 12.3. The van der Waals surface area contributed by atoms with Crippen molar-refractivity contribution in [2.75, 3.05) is 31.4 Å². The third kappa shape index (κ3) is 3.01. The maximum Gasteiger partial charge on any atom is 0.239 e. The van der Waals surface area contributed by atoms with Gasteiger partial charge in [0.1, 0.15) is 5.69 Å². The van der Waals surface area contributed by atoms with Gasteiger partial charge in [-0.3, -0.25) is 4.79 Å². The minimum Gasteiger partial charge on any atom is -0.479 e. The third-order valence-corrected chi connectivity index (χ3v) is 3.66. The van der Waals surface area contributed by atoms with Crippen molar-refractivity contribution in [2.45, 2.75) is 25.3 Å². The van der Waals surface area contributed by atoms with Gasteiger partial charge in [0.15, 0.2) is 0 Å². The Kier molecular flexibility index (Phi) is 4.44. The van der Waals surface area contributed by atoms with Gasteiger partial charge in [0.05, 0.1) is 12.8 Å². The van der Waals surface area contributed by atoms with Crippen molar-refractivity contribution in [2.24, 2.45) is 11.7 Å². The van der Waals surface area contributed by atoms with Crippen molar-refractivity contribution in [3.8, 4) is 5.88 Å². The van der Waals surface area contributed by atoms with Crippen LogP contribution in [0.3, 0.4) is 0 Å². The number of nitrogens with two attached hydrogens (primary N) is 1. The standard InChI is InChI=1S/C14H22N4O2/c1-18(2)11-6-7-16-14(20-3)12(11)17-13(19)9-4-5-10(15)8-9/h6-7,9-10H,4-5,8,15H2,1-3H3,(H,17,19). The molecule has 2 atom stereocenters. The summed E-state index contributed by atoms with van der Waals surface area (Å²) in [6.45, 7) is 0. The van der Waals surface area contributed by atoms with Gasteiger partial charge in [-0.25, -0.2) is 4.98 Å². The summed E-state index contributed by atoms with van der Waals surface area (Å²) >= 11 is 0. The molecule has 20 heavy (non-hydrogen) atoms. The topological polar surface area (TPSA) is 80.5 Å². The number of pyridine rings is 1. The van der Waals surface area contributed by atoms with Crippen LogP contribution >= 0.6 is 0 Å². The summed E-state index contributed by atoms with van der Waals surface area (Å²) in [7, 11) is 5.37. The Morgan fingerprint density at radius 2 is 2.25 bits per heavy atom. The lowest BCUT2D eigenvalue weighted by Gasteiger charge is -2.20. The first-order valence-electron chi connectivity index (χ1n) is 6.79. The van der Waals surface area contributed by atoms with Gasteiger partial charge in [-0.1, -0.05) is 0 Å². The number of aromatic nitrogens is 1. The molecule has 3 N–H and O–H groups in total. The van der Waals surface area contributed by atoms with Crippen LogP contribution in [0.4, 0.5) is 11.4 Å². The number of ether oxygens (including phenoxy) is 1. The van der Waals surface area contributed by atoms with Crippen LogP contribution in [0.25, 0.3) is 0 Å². The van der Waals surface area contributed by atoms with E-state index in [0.29, 0.717) is 11.6 Å². The zero-order valence-corrected chi connectivity index (χ0v) is 12.2. The molecule has 0 aromatic carbocycles. The normalized spacial score (nSPS) is 21.6. The number of rotatable bonds is 4. The molecule has 6 heteroatoms. The molecule has 0 bridgehead atoms. The monoisotopic (exact) mass is 278 g/mol. The van der Waals surface area contributed by atoms with Crippen molar-refractivity contribution < 1.29 is 9.53 Å². The number of amides is 1. The van der Waals surface area contributed by atoms with E-state index in [9.17, 15) is 4.79 Å². The minimum absolute atomic E-state index is 0.00708. The van der Waals surface area contributed by atoms with Crippen molar-refractivity contribution >= 4 is 17.3 Å². The first-order chi connectivity index (χ1) is 9.52. The van der Waals surface area contributed by atoms with Crippen LogP contribution in [-0.2, 0) is 4.79 Å². The highest BCUT2D eigenvalue weighted by atomic mass is 16.5. The average molecular weight is 278 g/mol. The molecule has 1 aliphatic rings. The van der Waals surface area contributed by atoms with E-state index >= 15 is 0 Å². The van der Waals surface area contributed by atoms with Crippen LogP contribution in [0.2, 0.25) is 0 Å². The van der Waals surface area contributed by atoms with E-state index in [1.807, 2.05) is 25.1 Å². The highest BCUT2D eigenvalue weighted by Gasteiger charge is 2.29. The van der Waals surface area contributed by atoms with Crippen LogP contribution in [0.15, 0.2) is 12.3 Å². The van der Waals surface area contributed by atoms with Gasteiger partial charge < -0.3 is 20.7 Å². The zero-order valence-electron chi connectivity index (χ0n) is 12.2. The molecule has 6 nitrogen and oxygen atoms in total. The quantitative estimate of drug-likeness (QED) is 0.865. The van der Waals surface area contributed by atoms with Gasteiger partial charge in [0.2, 0.25) is 11.8 Å². The molecule has 1 heterocycles. The van der Waals surface area contributed by atoms with Gasteiger partial charge in [-0.2, -0.15) is 0 Å². The molecule has 1 fully saturated rings. The second kappa shape index (κ2) is 6.09. The summed E-state index contributed by atoms with van der Waals surface area (Å²) < 4.78 is 5.24. The molecule has 110 valence electrons. The van der Waals surface area contributed by atoms with Crippen molar-refractivity contribution in [1.82, 2.24) is 4.98 Å². The fourth-order valence-corrected chi connectivity index (χ4v) is 2.56. The average Bonchev–Trinajstić information content (AvgIpc) is 2.85. The Morgan fingerprint density at radius 1 is 1.50 bits per heavy atom. The zero-order chi connectivity index (χ0) is 14.7. The van der Waals surface area contributed by atoms with Gasteiger partial charge >= 0.3 is 0 Å². The Morgan fingerprint density at radius 3 is 2.80 bits per heavy atom. The lowest BCUT2D eigenvalue weighted by Crippen LogP contribution is -2.24. The summed E-state index contributed by atoms with van der Waals surface area (Å²) in [6.07, 6.45) is 4.15. The van der Waals surface area contributed by atoms with Gasteiger partial charge in [-0.15, -0.1) is 0 Å². The van der Waals surface area contributed by atoms with Crippen molar-refractivity contribution in [3.63, 3.8) is 0 Å². The molecule has 1 amide bonds. The van der Waals surface area contributed by atoms with Crippen LogP contribution in [0.1, 0.15) is 19.3 Å². The van der Waals surface area contributed by atoms with E-state index in [4.69, 9.17) is 10.5 Å².